The van der Waals surface area contributed by atoms with E-state index in [2.05, 4.69) is 15.3 Å². The van der Waals surface area contributed by atoms with Crippen LogP contribution in [0.1, 0.15) is 6.92 Å². The van der Waals surface area contributed by atoms with Crippen molar-refractivity contribution in [3.63, 3.8) is 0 Å². The van der Waals surface area contributed by atoms with E-state index < -0.39 is 9.89 Å². The molecule has 0 aliphatic rings. The predicted octanol–water partition coefficient (Wildman–Crippen LogP) is -1.11. The molecule has 0 bridgehead atoms. The van der Waals surface area contributed by atoms with Gasteiger partial charge in [0.15, 0.2) is 0 Å². The number of carbonyl (C=O) groups is 1. The molecule has 0 saturated carbocycles. The van der Waals surface area contributed by atoms with Gasteiger partial charge in [-0.2, -0.15) is 0 Å². The minimum absolute atomic E-state index is 0.357. The Labute approximate surface area is 54.9 Å². The van der Waals surface area contributed by atoms with E-state index in [0.29, 0.717) is 0 Å². The number of carbonyl (C=O) groups excluding carboxylic acids is 1. The topological polar surface area (TPSA) is 58.2 Å². The van der Waals surface area contributed by atoms with Gasteiger partial charge >= 0.3 is 0 Å². The van der Waals surface area contributed by atoms with Gasteiger partial charge < -0.3 is 0 Å². The van der Waals surface area contributed by atoms with E-state index in [-0.39, 0.29) is 5.91 Å². The summed E-state index contributed by atoms with van der Waals surface area (Å²) in [7, 11) is -1.10. The zero-order valence-corrected chi connectivity index (χ0v) is 6.25. The molecule has 0 rings (SSSR count). The molecule has 4 nitrogen and oxygen atoms in total. The molecular weight excluding hydrogens is 140 g/mol. The van der Waals surface area contributed by atoms with Crippen molar-refractivity contribution in [2.24, 2.45) is 0 Å². The summed E-state index contributed by atoms with van der Waals surface area (Å²) in [6.07, 6.45) is 0. The molecule has 2 N–H and O–H groups in total. The first-order chi connectivity index (χ1) is 3.98. The summed E-state index contributed by atoms with van der Waals surface area (Å²) in [5.41, 5.74) is 0. The number of amides is 1. The normalized spacial score (nSPS) is 16.2. The molecule has 1 amide bonds. The van der Waals surface area contributed by atoms with Crippen LogP contribution in [0.5, 0.6) is 0 Å². The van der Waals surface area contributed by atoms with E-state index in [1.54, 1.807) is 0 Å². The molecule has 5 heteroatoms. The third-order valence-corrected chi connectivity index (χ3v) is 1.91. The van der Waals surface area contributed by atoms with Gasteiger partial charge in [0.2, 0.25) is 5.91 Å². The lowest BCUT2D eigenvalue weighted by molar-refractivity contribution is -0.117. The summed E-state index contributed by atoms with van der Waals surface area (Å²) in [5.74, 6) is 2.86. The van der Waals surface area contributed by atoms with Gasteiger partial charge in [-0.1, -0.05) is 0 Å². The highest BCUT2D eigenvalue weighted by atomic mass is 32.2. The molecule has 0 spiro atoms. The van der Waals surface area contributed by atoms with Crippen molar-refractivity contribution in [3.8, 4) is 0 Å². The van der Waals surface area contributed by atoms with Crippen molar-refractivity contribution in [3.05, 3.63) is 0 Å². The second kappa shape index (κ2) is 2.84. The summed E-state index contributed by atoms with van der Waals surface area (Å²) in [4.78, 5) is 10.2. The monoisotopic (exact) mass is 150 g/mol. The molecule has 9 heavy (non-hydrogen) atoms. The predicted molar refractivity (Wildman–Crippen MR) is 38.1 cm³/mol. The van der Waals surface area contributed by atoms with Crippen LogP contribution >= 0.6 is 0 Å². The summed E-state index contributed by atoms with van der Waals surface area (Å²) in [6.45, 7) is 1.28. The summed E-state index contributed by atoms with van der Waals surface area (Å²) < 4.78 is 15.3. The second-order valence-corrected chi connectivity index (χ2v) is 3.50. The Balaban J connectivity index is 4.06. The number of rotatable bonds is 2. The largest absolute Gasteiger partial charge is 0.274 e. The molecule has 0 aliphatic heterocycles. The Hall–Kier alpha value is -0.550. The van der Waals surface area contributed by atoms with Crippen molar-refractivity contribution in [1.29, 1.82) is 0 Å². The van der Waals surface area contributed by atoms with Crippen molar-refractivity contribution in [2.75, 3.05) is 7.05 Å². The number of hydrogen-bond donors (Lipinski definition) is 2. The summed E-state index contributed by atoms with van der Waals surface area (Å²) >= 11 is 0. The SMILES string of the molecule is C=S(=O)(NC)NC(C)=O. The zero-order chi connectivity index (χ0) is 7.49. The van der Waals surface area contributed by atoms with Gasteiger partial charge in [0.05, 0.1) is 0 Å². The summed E-state index contributed by atoms with van der Waals surface area (Å²) in [5, 5.41) is 0. The maximum absolute atomic E-state index is 10.8. The lowest BCUT2D eigenvalue weighted by atomic mass is 10.8. The molecule has 0 aromatic carbocycles. The third kappa shape index (κ3) is 3.99. The van der Waals surface area contributed by atoms with Gasteiger partial charge in [0.25, 0.3) is 0 Å². The van der Waals surface area contributed by atoms with Gasteiger partial charge in [-0.3, -0.25) is 9.52 Å². The fourth-order valence-electron chi connectivity index (χ4n) is 0.283. The zero-order valence-electron chi connectivity index (χ0n) is 5.43. The number of hydrogen-bond acceptors (Lipinski definition) is 2. The van der Waals surface area contributed by atoms with E-state index in [4.69, 9.17) is 0 Å². The molecule has 1 atom stereocenters. The maximum atomic E-state index is 10.8. The van der Waals surface area contributed by atoms with Gasteiger partial charge in [0.1, 0.15) is 9.89 Å². The van der Waals surface area contributed by atoms with E-state index >= 15 is 0 Å². The Morgan fingerprint density at radius 2 is 2.11 bits per heavy atom. The molecule has 0 aromatic heterocycles. The summed E-state index contributed by atoms with van der Waals surface area (Å²) in [6, 6.07) is 0. The van der Waals surface area contributed by atoms with Crippen LogP contribution in [0.2, 0.25) is 0 Å². The van der Waals surface area contributed by atoms with Crippen LogP contribution in [0.3, 0.4) is 0 Å². The highest BCUT2D eigenvalue weighted by Crippen LogP contribution is 1.71. The van der Waals surface area contributed by atoms with Crippen LogP contribution in [-0.2, 0) is 14.7 Å². The van der Waals surface area contributed by atoms with Crippen molar-refractivity contribution >= 4 is 21.7 Å². The van der Waals surface area contributed by atoms with Crippen LogP contribution < -0.4 is 9.44 Å². The van der Waals surface area contributed by atoms with Crippen LogP contribution in [-0.4, -0.2) is 23.0 Å². The molecule has 54 valence electrons. The first-order valence-corrected chi connectivity index (χ1v) is 4.04. The first-order valence-electron chi connectivity index (χ1n) is 2.32. The molecular formula is C4H10N2O2S. The molecule has 0 heterocycles. The van der Waals surface area contributed by atoms with E-state index in [1.807, 2.05) is 0 Å². The average molecular weight is 150 g/mol. The van der Waals surface area contributed by atoms with Crippen LogP contribution in [0.25, 0.3) is 0 Å². The van der Waals surface area contributed by atoms with E-state index in [9.17, 15) is 9.00 Å². The quantitative estimate of drug-likeness (QED) is 0.490. The number of nitrogens with one attached hydrogen (secondary N) is 2. The fraction of sp³-hybridized carbons (Fsp3) is 0.500. The maximum Gasteiger partial charge on any atom is 0.228 e. The van der Waals surface area contributed by atoms with Gasteiger partial charge in [-0.05, 0) is 12.9 Å². The average Bonchev–Trinajstić information content (AvgIpc) is 1.63. The Kier molecular flexibility index (Phi) is 2.66. The van der Waals surface area contributed by atoms with Crippen LogP contribution in [0, 0.1) is 0 Å². The minimum atomic E-state index is -2.57. The molecule has 0 radical (unpaired) electrons. The van der Waals surface area contributed by atoms with Gasteiger partial charge in [0, 0.05) is 6.92 Å². The molecule has 1 unspecified atom stereocenters. The van der Waals surface area contributed by atoms with E-state index in [1.165, 1.54) is 14.0 Å². The van der Waals surface area contributed by atoms with Gasteiger partial charge in [-0.15, -0.1) is 0 Å². The van der Waals surface area contributed by atoms with Crippen LogP contribution in [0.15, 0.2) is 0 Å². The highest BCUT2D eigenvalue weighted by molar-refractivity contribution is 7.97. The van der Waals surface area contributed by atoms with Crippen LogP contribution in [0.4, 0.5) is 0 Å². The second-order valence-electron chi connectivity index (χ2n) is 1.54. The highest BCUT2D eigenvalue weighted by Gasteiger charge is 1.98. The Morgan fingerprint density at radius 1 is 1.67 bits per heavy atom. The Morgan fingerprint density at radius 3 is 2.22 bits per heavy atom. The molecule has 0 aromatic rings. The van der Waals surface area contributed by atoms with Crippen molar-refractivity contribution < 1.29 is 9.00 Å². The smallest absolute Gasteiger partial charge is 0.228 e. The molecule has 0 fully saturated rings. The minimum Gasteiger partial charge on any atom is -0.274 e. The first kappa shape index (κ1) is 8.45. The molecule has 0 aliphatic carbocycles. The Bertz CT molecular complexity index is 195. The lowest BCUT2D eigenvalue weighted by Gasteiger charge is -2.05. The third-order valence-electron chi connectivity index (χ3n) is 0.638. The van der Waals surface area contributed by atoms with Gasteiger partial charge in [-0.25, -0.2) is 8.93 Å². The standard InChI is InChI=1S/C4H10N2O2S/c1-4(7)6-9(3,8)5-2/h3H2,1-2H3,(H2,5,6,7,8). The molecule has 0 saturated heterocycles. The fourth-order valence-corrected chi connectivity index (χ4v) is 0.850. The van der Waals surface area contributed by atoms with Crippen molar-refractivity contribution in [2.45, 2.75) is 6.92 Å². The van der Waals surface area contributed by atoms with E-state index in [0.717, 1.165) is 0 Å². The van der Waals surface area contributed by atoms with Crippen molar-refractivity contribution in [1.82, 2.24) is 9.44 Å². The lowest BCUT2D eigenvalue weighted by Crippen LogP contribution is -2.36.